The van der Waals surface area contributed by atoms with Crippen LogP contribution in [0, 0.1) is 6.92 Å². The van der Waals surface area contributed by atoms with Gasteiger partial charge in [0, 0.05) is 6.54 Å². The summed E-state index contributed by atoms with van der Waals surface area (Å²) >= 11 is 0. The van der Waals surface area contributed by atoms with Crippen molar-refractivity contribution in [3.8, 4) is 11.5 Å². The number of rotatable bonds is 8. The molecule has 26 heavy (non-hydrogen) atoms. The van der Waals surface area contributed by atoms with Crippen molar-refractivity contribution in [1.29, 1.82) is 0 Å². The average molecular weight is 363 g/mol. The van der Waals surface area contributed by atoms with Crippen molar-refractivity contribution >= 4 is 5.91 Å². The normalized spacial score (nSPS) is 10.9. The summed E-state index contributed by atoms with van der Waals surface area (Å²) in [6.45, 7) is 3.30. The molecule has 0 radical (unpaired) electrons. The number of aryl methyl sites for hydroxylation is 1. The first-order valence-electron chi connectivity index (χ1n) is 8.39. The summed E-state index contributed by atoms with van der Waals surface area (Å²) < 4.78 is 34.5. The highest BCUT2D eigenvalue weighted by Crippen LogP contribution is 2.27. The van der Waals surface area contributed by atoms with E-state index in [1.165, 1.54) is 12.1 Å². The van der Waals surface area contributed by atoms with E-state index >= 15 is 0 Å². The van der Waals surface area contributed by atoms with Crippen molar-refractivity contribution < 1.29 is 23.0 Å². The van der Waals surface area contributed by atoms with Gasteiger partial charge in [0.25, 0.3) is 5.91 Å². The summed E-state index contributed by atoms with van der Waals surface area (Å²) in [5, 5.41) is 2.71. The van der Waals surface area contributed by atoms with Crippen LogP contribution < -0.4 is 14.8 Å². The van der Waals surface area contributed by atoms with E-state index in [-0.39, 0.29) is 30.7 Å². The van der Waals surface area contributed by atoms with Crippen LogP contribution in [0.1, 0.15) is 36.5 Å². The van der Waals surface area contributed by atoms with Gasteiger partial charge in [0.15, 0.2) is 6.61 Å². The van der Waals surface area contributed by atoms with E-state index < -0.39 is 6.61 Å². The zero-order valence-electron chi connectivity index (χ0n) is 15.1. The van der Waals surface area contributed by atoms with Gasteiger partial charge in [-0.1, -0.05) is 38.1 Å². The molecule has 0 aliphatic heterocycles. The lowest BCUT2D eigenvalue weighted by Gasteiger charge is -2.15. The molecule has 0 atom stereocenters. The summed E-state index contributed by atoms with van der Waals surface area (Å²) in [5.41, 5.74) is 2.76. The Morgan fingerprint density at radius 2 is 1.92 bits per heavy atom. The largest absolute Gasteiger partial charge is 0.483 e. The second-order valence-corrected chi connectivity index (χ2v) is 6.29. The maximum absolute atomic E-state index is 12.2. The predicted molar refractivity (Wildman–Crippen MR) is 95.7 cm³/mol. The van der Waals surface area contributed by atoms with Gasteiger partial charge in [-0.15, -0.1) is 0 Å². The third-order valence-electron chi connectivity index (χ3n) is 3.76. The molecule has 4 nitrogen and oxygen atoms in total. The zero-order valence-corrected chi connectivity index (χ0v) is 15.1. The van der Waals surface area contributed by atoms with E-state index in [4.69, 9.17) is 4.74 Å². The fraction of sp³-hybridized carbons (Fsp3) is 0.350. The van der Waals surface area contributed by atoms with Crippen LogP contribution in [0.15, 0.2) is 42.5 Å². The zero-order chi connectivity index (χ0) is 19.1. The highest BCUT2D eigenvalue weighted by atomic mass is 19.3. The van der Waals surface area contributed by atoms with Crippen molar-refractivity contribution in [2.75, 3.05) is 6.61 Å². The van der Waals surface area contributed by atoms with E-state index in [9.17, 15) is 13.6 Å². The molecule has 2 rings (SSSR count). The summed E-state index contributed by atoms with van der Waals surface area (Å²) in [6.07, 6.45) is 0. The van der Waals surface area contributed by atoms with Crippen LogP contribution in [-0.4, -0.2) is 19.1 Å². The van der Waals surface area contributed by atoms with Crippen molar-refractivity contribution in [2.45, 2.75) is 39.8 Å². The maximum atomic E-state index is 12.2. The van der Waals surface area contributed by atoms with Crippen LogP contribution in [0.4, 0.5) is 8.78 Å². The van der Waals surface area contributed by atoms with E-state index in [0.717, 1.165) is 11.1 Å². The minimum Gasteiger partial charge on any atom is -0.483 e. The van der Waals surface area contributed by atoms with Crippen LogP contribution in [0.3, 0.4) is 0 Å². The van der Waals surface area contributed by atoms with Gasteiger partial charge in [-0.25, -0.2) is 0 Å². The van der Waals surface area contributed by atoms with Crippen LogP contribution in [-0.2, 0) is 11.3 Å². The van der Waals surface area contributed by atoms with Crippen molar-refractivity contribution in [3.63, 3.8) is 0 Å². The van der Waals surface area contributed by atoms with Crippen LogP contribution >= 0.6 is 0 Å². The number of alkyl halides is 2. The van der Waals surface area contributed by atoms with E-state index in [0.29, 0.717) is 11.3 Å². The first-order chi connectivity index (χ1) is 12.3. The van der Waals surface area contributed by atoms with Gasteiger partial charge in [0.05, 0.1) is 0 Å². The van der Waals surface area contributed by atoms with E-state index in [2.05, 4.69) is 23.9 Å². The highest BCUT2D eigenvalue weighted by molar-refractivity contribution is 5.77. The number of ether oxygens (including phenoxy) is 2. The quantitative estimate of drug-likeness (QED) is 0.755. The number of benzene rings is 2. The molecule has 0 aliphatic carbocycles. The van der Waals surface area contributed by atoms with Crippen molar-refractivity contribution in [1.82, 2.24) is 5.32 Å². The molecule has 2 aromatic carbocycles. The molecular weight excluding hydrogens is 340 g/mol. The second-order valence-electron chi connectivity index (χ2n) is 6.29. The average Bonchev–Trinajstić information content (AvgIpc) is 2.57. The van der Waals surface area contributed by atoms with Crippen LogP contribution in [0.5, 0.6) is 11.5 Å². The molecule has 0 aromatic heterocycles. The SMILES string of the molecule is Cc1ccc(C(C)C)c(OCC(=O)NCc2cccc(OC(F)F)c2)c1. The van der Waals surface area contributed by atoms with Crippen LogP contribution in [0.25, 0.3) is 0 Å². The van der Waals surface area contributed by atoms with Crippen molar-refractivity contribution in [2.24, 2.45) is 0 Å². The molecule has 0 saturated carbocycles. The molecule has 6 heteroatoms. The minimum atomic E-state index is -2.88. The molecule has 0 bridgehead atoms. The molecule has 0 aliphatic rings. The molecule has 0 spiro atoms. The number of halogens is 2. The Morgan fingerprint density at radius 3 is 2.62 bits per heavy atom. The Balaban J connectivity index is 1.89. The maximum Gasteiger partial charge on any atom is 0.387 e. The molecule has 2 aromatic rings. The van der Waals surface area contributed by atoms with Crippen molar-refractivity contribution in [3.05, 3.63) is 59.2 Å². The summed E-state index contributed by atoms with van der Waals surface area (Å²) in [4.78, 5) is 12.0. The first kappa shape index (κ1) is 19.7. The summed E-state index contributed by atoms with van der Waals surface area (Å²) in [5.74, 6) is 0.749. The number of carbonyl (C=O) groups excluding carboxylic acids is 1. The summed E-state index contributed by atoms with van der Waals surface area (Å²) in [6, 6.07) is 12.1. The van der Waals surface area contributed by atoms with Gasteiger partial charge in [-0.2, -0.15) is 8.78 Å². The number of hydrogen-bond donors (Lipinski definition) is 1. The van der Waals surface area contributed by atoms with Crippen LogP contribution in [0.2, 0.25) is 0 Å². The highest BCUT2D eigenvalue weighted by Gasteiger charge is 2.11. The number of carbonyl (C=O) groups is 1. The molecule has 0 saturated heterocycles. The van der Waals surface area contributed by atoms with E-state index in [1.54, 1.807) is 12.1 Å². The van der Waals surface area contributed by atoms with E-state index in [1.807, 2.05) is 25.1 Å². The summed E-state index contributed by atoms with van der Waals surface area (Å²) in [7, 11) is 0. The molecule has 0 heterocycles. The van der Waals surface area contributed by atoms with Gasteiger partial charge in [-0.3, -0.25) is 4.79 Å². The predicted octanol–water partition coefficient (Wildman–Crippen LogP) is 4.42. The standard InChI is InChI=1S/C20H23F2NO3/c1-13(2)17-8-7-14(3)9-18(17)25-12-19(24)23-11-15-5-4-6-16(10-15)26-20(21)22/h4-10,13,20H,11-12H2,1-3H3,(H,23,24). The molecule has 0 unspecified atom stereocenters. The Labute approximate surface area is 152 Å². The number of hydrogen-bond acceptors (Lipinski definition) is 3. The molecule has 140 valence electrons. The molecular formula is C20H23F2NO3. The topological polar surface area (TPSA) is 47.6 Å². The third kappa shape index (κ3) is 6.02. The van der Waals surface area contributed by atoms with Gasteiger partial charge in [-0.05, 0) is 47.7 Å². The third-order valence-corrected chi connectivity index (χ3v) is 3.76. The van der Waals surface area contributed by atoms with Gasteiger partial charge >= 0.3 is 6.61 Å². The second kappa shape index (κ2) is 9.17. The monoisotopic (exact) mass is 363 g/mol. The van der Waals surface area contributed by atoms with Gasteiger partial charge < -0.3 is 14.8 Å². The Kier molecular flexibility index (Phi) is 6.95. The molecule has 1 N–H and O–H groups in total. The lowest BCUT2D eigenvalue weighted by molar-refractivity contribution is -0.123. The molecule has 0 fully saturated rings. The Morgan fingerprint density at radius 1 is 1.15 bits per heavy atom. The Bertz CT molecular complexity index is 748. The fourth-order valence-electron chi connectivity index (χ4n) is 2.47. The lowest BCUT2D eigenvalue weighted by atomic mass is 10.0. The lowest BCUT2D eigenvalue weighted by Crippen LogP contribution is -2.28. The number of amides is 1. The first-order valence-corrected chi connectivity index (χ1v) is 8.39. The fourth-order valence-corrected chi connectivity index (χ4v) is 2.47. The van der Waals surface area contributed by atoms with Gasteiger partial charge in [0.1, 0.15) is 11.5 Å². The Hall–Kier alpha value is -2.63. The van der Waals surface area contributed by atoms with Gasteiger partial charge in [0.2, 0.25) is 0 Å². The minimum absolute atomic E-state index is 0.0596. The smallest absolute Gasteiger partial charge is 0.387 e. The molecule has 1 amide bonds. The number of nitrogens with one attached hydrogen (secondary N) is 1.